The fourth-order valence-corrected chi connectivity index (χ4v) is 2.32. The van der Waals surface area contributed by atoms with Crippen molar-refractivity contribution < 1.29 is 15.3 Å². The molecular formula is C13H18N2O3. The van der Waals surface area contributed by atoms with Crippen LogP contribution >= 0.6 is 0 Å². The predicted molar refractivity (Wildman–Crippen MR) is 68.8 cm³/mol. The van der Waals surface area contributed by atoms with Crippen molar-refractivity contribution in [3.63, 3.8) is 0 Å². The normalized spacial score (nSPS) is 18.4. The molecule has 0 bridgehead atoms. The summed E-state index contributed by atoms with van der Waals surface area (Å²) in [5, 5.41) is 32.3. The van der Waals surface area contributed by atoms with Crippen LogP contribution in [-0.4, -0.2) is 46.4 Å². The van der Waals surface area contributed by atoms with Gasteiger partial charge in [0.1, 0.15) is 17.2 Å². The first-order valence-corrected chi connectivity index (χ1v) is 5.95. The quantitative estimate of drug-likeness (QED) is 0.601. The minimum atomic E-state index is -0.257. The lowest BCUT2D eigenvalue weighted by atomic mass is 10.0. The molecule has 0 aliphatic carbocycles. The van der Waals surface area contributed by atoms with Crippen molar-refractivity contribution >= 4 is 0 Å². The van der Waals surface area contributed by atoms with Gasteiger partial charge in [0.05, 0.1) is 11.6 Å². The van der Waals surface area contributed by atoms with E-state index in [1.54, 1.807) is 6.08 Å². The Morgan fingerprint density at radius 1 is 1.17 bits per heavy atom. The van der Waals surface area contributed by atoms with Gasteiger partial charge in [-0.15, -0.1) is 6.58 Å². The van der Waals surface area contributed by atoms with Crippen molar-refractivity contribution in [2.75, 3.05) is 26.2 Å². The molecule has 0 amide bonds. The van der Waals surface area contributed by atoms with Gasteiger partial charge in [-0.2, -0.15) is 0 Å². The monoisotopic (exact) mass is 250 g/mol. The summed E-state index contributed by atoms with van der Waals surface area (Å²) in [5.41, 5.74) is 0.393. The van der Waals surface area contributed by atoms with Crippen LogP contribution in [0.5, 0.6) is 17.2 Å². The lowest BCUT2D eigenvalue weighted by Gasteiger charge is -2.33. The van der Waals surface area contributed by atoms with Crippen LogP contribution in [0.1, 0.15) is 11.6 Å². The van der Waals surface area contributed by atoms with Crippen molar-refractivity contribution in [3.8, 4) is 17.2 Å². The Morgan fingerprint density at radius 2 is 1.72 bits per heavy atom. The van der Waals surface area contributed by atoms with E-state index in [0.29, 0.717) is 5.56 Å². The molecule has 1 aromatic rings. The number of hydrogen-bond acceptors (Lipinski definition) is 5. The van der Waals surface area contributed by atoms with Crippen LogP contribution in [-0.2, 0) is 0 Å². The lowest BCUT2D eigenvalue weighted by Crippen LogP contribution is -2.44. The fraction of sp³-hybridized carbons (Fsp3) is 0.385. The summed E-state index contributed by atoms with van der Waals surface area (Å²) in [5.74, 6) is -0.385. The predicted octanol–water partition coefficient (Wildman–Crippen LogP) is 0.936. The molecule has 0 saturated carbocycles. The van der Waals surface area contributed by atoms with Crippen LogP contribution < -0.4 is 5.32 Å². The minimum Gasteiger partial charge on any atom is -0.508 e. The van der Waals surface area contributed by atoms with E-state index in [-0.39, 0.29) is 23.3 Å². The molecule has 1 atom stereocenters. The number of rotatable bonds is 3. The summed E-state index contributed by atoms with van der Waals surface area (Å²) in [4.78, 5) is 2.12. The van der Waals surface area contributed by atoms with Crippen LogP contribution in [0.3, 0.4) is 0 Å². The Labute approximate surface area is 106 Å². The van der Waals surface area contributed by atoms with Crippen LogP contribution in [0.2, 0.25) is 0 Å². The molecule has 0 unspecified atom stereocenters. The molecule has 18 heavy (non-hydrogen) atoms. The molecule has 1 aromatic carbocycles. The van der Waals surface area contributed by atoms with Crippen LogP contribution in [0, 0.1) is 0 Å². The summed E-state index contributed by atoms with van der Waals surface area (Å²) in [6.45, 7) is 7.13. The Balaban J connectivity index is 2.35. The molecule has 5 nitrogen and oxygen atoms in total. The highest BCUT2D eigenvalue weighted by Gasteiger charge is 2.25. The number of phenols is 3. The molecule has 0 spiro atoms. The summed E-state index contributed by atoms with van der Waals surface area (Å²) in [7, 11) is 0. The molecular weight excluding hydrogens is 232 g/mol. The maximum Gasteiger partial charge on any atom is 0.128 e. The molecule has 1 heterocycles. The second kappa shape index (κ2) is 5.29. The van der Waals surface area contributed by atoms with Crippen LogP contribution in [0.25, 0.3) is 0 Å². The van der Waals surface area contributed by atoms with Crippen molar-refractivity contribution in [1.29, 1.82) is 0 Å². The molecule has 0 radical (unpaired) electrons. The first kappa shape index (κ1) is 12.7. The third-order valence-corrected chi connectivity index (χ3v) is 3.19. The molecule has 1 aliphatic heterocycles. The molecule has 5 heteroatoms. The largest absolute Gasteiger partial charge is 0.508 e. The first-order valence-electron chi connectivity index (χ1n) is 5.95. The summed E-state index contributed by atoms with van der Waals surface area (Å²) >= 11 is 0. The lowest BCUT2D eigenvalue weighted by molar-refractivity contribution is 0.198. The van der Waals surface area contributed by atoms with Crippen LogP contribution in [0.4, 0.5) is 0 Å². The van der Waals surface area contributed by atoms with Crippen molar-refractivity contribution in [3.05, 3.63) is 30.4 Å². The second-order valence-corrected chi connectivity index (χ2v) is 4.36. The maximum atomic E-state index is 9.89. The number of aromatic hydroxyl groups is 3. The summed E-state index contributed by atoms with van der Waals surface area (Å²) in [6, 6.07) is 2.20. The van der Waals surface area contributed by atoms with Crippen molar-refractivity contribution in [2.45, 2.75) is 6.04 Å². The van der Waals surface area contributed by atoms with Crippen molar-refractivity contribution in [1.82, 2.24) is 10.2 Å². The van der Waals surface area contributed by atoms with Gasteiger partial charge in [-0.05, 0) is 0 Å². The van der Waals surface area contributed by atoms with E-state index in [2.05, 4.69) is 16.8 Å². The zero-order valence-electron chi connectivity index (χ0n) is 10.1. The van der Waals surface area contributed by atoms with Gasteiger partial charge >= 0.3 is 0 Å². The Morgan fingerprint density at radius 3 is 2.22 bits per heavy atom. The van der Waals surface area contributed by atoms with Gasteiger partial charge in [0, 0.05) is 38.3 Å². The minimum absolute atomic E-state index is 0.115. The van der Waals surface area contributed by atoms with Gasteiger partial charge in [-0.25, -0.2) is 0 Å². The second-order valence-electron chi connectivity index (χ2n) is 4.36. The molecule has 1 fully saturated rings. The van der Waals surface area contributed by atoms with E-state index in [0.717, 1.165) is 26.2 Å². The summed E-state index contributed by atoms with van der Waals surface area (Å²) < 4.78 is 0. The molecule has 1 aliphatic rings. The fourth-order valence-electron chi connectivity index (χ4n) is 2.32. The topological polar surface area (TPSA) is 76.0 Å². The zero-order chi connectivity index (χ0) is 13.1. The number of phenolic OH excluding ortho intramolecular Hbond substituents is 3. The third kappa shape index (κ3) is 2.42. The average Bonchev–Trinajstić information content (AvgIpc) is 2.34. The molecule has 0 aromatic heterocycles. The number of nitrogens with one attached hydrogen (secondary N) is 1. The highest BCUT2D eigenvalue weighted by atomic mass is 16.3. The summed E-state index contributed by atoms with van der Waals surface area (Å²) in [6.07, 6.45) is 1.69. The SMILES string of the molecule is C=C[C@@H](c1c(O)cc(O)cc1O)N1CCNCC1. The van der Waals surface area contributed by atoms with E-state index in [1.165, 1.54) is 12.1 Å². The first-order chi connectivity index (χ1) is 8.63. The van der Waals surface area contributed by atoms with E-state index in [1.807, 2.05) is 0 Å². The molecule has 2 rings (SSSR count). The highest BCUT2D eigenvalue weighted by Crippen LogP contribution is 2.39. The Kier molecular flexibility index (Phi) is 3.74. The van der Waals surface area contributed by atoms with E-state index >= 15 is 0 Å². The third-order valence-electron chi connectivity index (χ3n) is 3.19. The van der Waals surface area contributed by atoms with Gasteiger partial charge in [0.15, 0.2) is 0 Å². The van der Waals surface area contributed by atoms with Crippen molar-refractivity contribution in [2.24, 2.45) is 0 Å². The Hall–Kier alpha value is -1.72. The van der Waals surface area contributed by atoms with Gasteiger partial charge < -0.3 is 20.6 Å². The number of piperazine rings is 1. The zero-order valence-corrected chi connectivity index (χ0v) is 10.1. The standard InChI is InChI=1S/C13H18N2O3/c1-2-10(15-5-3-14-4-6-15)13-11(17)7-9(16)8-12(13)18/h2,7-8,10,14,16-18H,1,3-6H2/t10-/m0/s1. The Bertz CT molecular complexity index is 419. The smallest absolute Gasteiger partial charge is 0.128 e. The van der Waals surface area contributed by atoms with E-state index in [9.17, 15) is 15.3 Å². The van der Waals surface area contributed by atoms with E-state index < -0.39 is 0 Å². The van der Waals surface area contributed by atoms with Crippen LogP contribution in [0.15, 0.2) is 24.8 Å². The number of nitrogens with zero attached hydrogens (tertiary/aromatic N) is 1. The average molecular weight is 250 g/mol. The van der Waals surface area contributed by atoms with E-state index in [4.69, 9.17) is 0 Å². The molecule has 4 N–H and O–H groups in total. The highest BCUT2D eigenvalue weighted by molar-refractivity contribution is 5.51. The van der Waals surface area contributed by atoms with Gasteiger partial charge in [-0.3, -0.25) is 4.90 Å². The van der Waals surface area contributed by atoms with Gasteiger partial charge in [0.2, 0.25) is 0 Å². The molecule has 98 valence electrons. The number of hydrogen-bond donors (Lipinski definition) is 4. The molecule has 1 saturated heterocycles. The number of benzene rings is 1. The van der Waals surface area contributed by atoms with Gasteiger partial charge in [0.25, 0.3) is 0 Å². The maximum absolute atomic E-state index is 9.89. The van der Waals surface area contributed by atoms with Gasteiger partial charge in [-0.1, -0.05) is 6.08 Å².